The molecular weight excluding hydrogens is 424 g/mol. The van der Waals surface area contributed by atoms with Crippen molar-refractivity contribution < 1.29 is 18.7 Å². The first-order valence-corrected chi connectivity index (χ1v) is 12.1. The van der Waals surface area contributed by atoms with Gasteiger partial charge in [0.25, 0.3) is 0 Å². The van der Waals surface area contributed by atoms with Gasteiger partial charge in [0.05, 0.1) is 13.2 Å². The molecule has 0 saturated heterocycles. The van der Waals surface area contributed by atoms with Gasteiger partial charge in [-0.2, -0.15) is 0 Å². The lowest BCUT2D eigenvalue weighted by Crippen LogP contribution is -2.18. The number of carbonyl (C=O) groups excluding carboxylic acids is 1. The third kappa shape index (κ3) is 5.38. The maximum Gasteiger partial charge on any atom is 0.331 e. The van der Waals surface area contributed by atoms with Crippen molar-refractivity contribution in [3.63, 3.8) is 0 Å². The highest BCUT2D eigenvalue weighted by Crippen LogP contribution is 2.45. The first kappa shape index (κ1) is 25.6. The number of furan rings is 1. The van der Waals surface area contributed by atoms with Crippen molar-refractivity contribution in [3.05, 3.63) is 59.4 Å². The van der Waals surface area contributed by atoms with Gasteiger partial charge in [-0.05, 0) is 54.9 Å². The monoisotopic (exact) mass is 462 g/mol. The Labute approximate surface area is 204 Å². The quantitative estimate of drug-likeness (QED) is 0.274. The Morgan fingerprint density at radius 2 is 1.65 bits per heavy atom. The van der Waals surface area contributed by atoms with Crippen LogP contribution in [-0.2, 0) is 20.4 Å². The lowest BCUT2D eigenvalue weighted by atomic mass is 9.78. The van der Waals surface area contributed by atoms with Crippen LogP contribution in [0.15, 0.2) is 46.9 Å². The normalized spacial score (nSPS) is 12.8. The van der Waals surface area contributed by atoms with E-state index in [2.05, 4.69) is 59.7 Å². The van der Waals surface area contributed by atoms with Gasteiger partial charge in [0, 0.05) is 28.2 Å². The van der Waals surface area contributed by atoms with Gasteiger partial charge in [0.1, 0.15) is 17.1 Å². The number of benzene rings is 2. The molecule has 182 valence electrons. The molecule has 0 amide bonds. The summed E-state index contributed by atoms with van der Waals surface area (Å²) in [5, 5.41) is 0.977. The predicted molar refractivity (Wildman–Crippen MR) is 141 cm³/mol. The number of allylic oxidation sites excluding steroid dienone is 1. The van der Waals surface area contributed by atoms with E-state index in [1.54, 1.807) is 6.92 Å². The number of carbonyl (C=O) groups is 1. The van der Waals surface area contributed by atoms with Crippen LogP contribution in [0.4, 0.5) is 0 Å². The molecule has 1 aromatic heterocycles. The van der Waals surface area contributed by atoms with Crippen molar-refractivity contribution in [1.82, 2.24) is 0 Å². The number of ether oxygens (including phenoxy) is 2. The molecule has 4 nitrogen and oxygen atoms in total. The van der Waals surface area contributed by atoms with Gasteiger partial charge in [0.15, 0.2) is 0 Å². The molecule has 0 unspecified atom stereocenters. The maximum atomic E-state index is 12.0. The highest BCUT2D eigenvalue weighted by Gasteiger charge is 2.27. The number of fused-ring (bicyclic) bond motifs is 1. The van der Waals surface area contributed by atoms with E-state index in [1.807, 2.05) is 32.0 Å². The smallest absolute Gasteiger partial charge is 0.331 e. The van der Waals surface area contributed by atoms with Crippen LogP contribution in [0, 0.1) is 0 Å². The summed E-state index contributed by atoms with van der Waals surface area (Å²) in [5.41, 5.74) is 5.82. The second-order valence-corrected chi connectivity index (χ2v) is 10.7. The highest BCUT2D eigenvalue weighted by molar-refractivity contribution is 5.97. The Hall–Kier alpha value is -3.01. The second-order valence-electron chi connectivity index (χ2n) is 10.7. The highest BCUT2D eigenvalue weighted by atomic mass is 16.5. The van der Waals surface area contributed by atoms with Crippen molar-refractivity contribution in [2.24, 2.45) is 0 Å². The average Bonchev–Trinajstić information content (AvgIpc) is 3.17. The minimum Gasteiger partial charge on any atom is -0.493 e. The molecule has 0 atom stereocenters. The number of para-hydroxylation sites is 1. The second kappa shape index (κ2) is 9.69. The summed E-state index contributed by atoms with van der Waals surface area (Å²) in [6, 6.07) is 12.6. The molecule has 0 bridgehead atoms. The minimum atomic E-state index is -0.369. The first-order chi connectivity index (χ1) is 15.9. The van der Waals surface area contributed by atoms with E-state index in [0.29, 0.717) is 19.0 Å². The van der Waals surface area contributed by atoms with Gasteiger partial charge < -0.3 is 13.9 Å². The molecule has 4 heteroatoms. The number of hydrogen-bond donors (Lipinski definition) is 0. The summed E-state index contributed by atoms with van der Waals surface area (Å²) in [7, 11) is 0. The Kier molecular flexibility index (Phi) is 7.30. The number of esters is 1. The summed E-state index contributed by atoms with van der Waals surface area (Å²) in [6.07, 6.45) is 1.48. The van der Waals surface area contributed by atoms with Crippen LogP contribution < -0.4 is 4.74 Å². The predicted octanol–water partition coefficient (Wildman–Crippen LogP) is 8.06. The lowest BCUT2D eigenvalue weighted by Gasteiger charge is -2.29. The van der Waals surface area contributed by atoms with Gasteiger partial charge in [-0.15, -0.1) is 0 Å². The third-order valence-electron chi connectivity index (χ3n) is 5.90. The standard InChI is InChI=1S/C30H38O4/c1-10-32-26(31)15-19(3)25-16-20-13-12-14-22(27(20)34-25)23-17-21(29(4,5)6)18-24(30(7,8)9)28(23)33-11-2/h12-18H,10-11H2,1-9H3. The van der Waals surface area contributed by atoms with Crippen LogP contribution in [0.5, 0.6) is 5.75 Å². The molecule has 0 aliphatic rings. The van der Waals surface area contributed by atoms with Crippen LogP contribution in [-0.4, -0.2) is 19.2 Å². The van der Waals surface area contributed by atoms with Crippen LogP contribution in [0.1, 0.15) is 79.2 Å². The van der Waals surface area contributed by atoms with Gasteiger partial charge in [0.2, 0.25) is 0 Å². The fourth-order valence-electron chi connectivity index (χ4n) is 4.02. The molecule has 0 spiro atoms. The maximum absolute atomic E-state index is 12.0. The molecule has 34 heavy (non-hydrogen) atoms. The SMILES string of the molecule is CCOC(=O)C=C(C)c1cc2cccc(-c3cc(C(C)(C)C)cc(C(C)(C)C)c3OCC)c2o1. The van der Waals surface area contributed by atoms with Gasteiger partial charge in [-0.1, -0.05) is 65.8 Å². The summed E-state index contributed by atoms with van der Waals surface area (Å²) in [5.74, 6) is 1.18. The molecule has 3 aromatic rings. The molecule has 1 heterocycles. The van der Waals surface area contributed by atoms with E-state index in [1.165, 1.54) is 17.2 Å². The molecule has 0 saturated carbocycles. The fourth-order valence-corrected chi connectivity index (χ4v) is 4.02. The first-order valence-electron chi connectivity index (χ1n) is 12.1. The molecular formula is C30H38O4. The Morgan fingerprint density at radius 3 is 2.24 bits per heavy atom. The van der Waals surface area contributed by atoms with E-state index in [0.717, 1.165) is 33.4 Å². The van der Waals surface area contributed by atoms with Gasteiger partial charge in [-0.25, -0.2) is 4.79 Å². The number of rotatable bonds is 6. The lowest BCUT2D eigenvalue weighted by molar-refractivity contribution is -0.137. The van der Waals surface area contributed by atoms with Crippen LogP contribution in [0.3, 0.4) is 0 Å². The Bertz CT molecular complexity index is 1210. The zero-order valence-electron chi connectivity index (χ0n) is 22.1. The molecule has 0 aliphatic heterocycles. The fraction of sp³-hybridized carbons (Fsp3) is 0.433. The van der Waals surface area contributed by atoms with Crippen LogP contribution >= 0.6 is 0 Å². The molecule has 3 rings (SSSR count). The summed E-state index contributed by atoms with van der Waals surface area (Å²) >= 11 is 0. The largest absolute Gasteiger partial charge is 0.493 e. The van der Waals surface area contributed by atoms with Crippen molar-refractivity contribution in [2.45, 2.75) is 73.1 Å². The van der Waals surface area contributed by atoms with Crippen molar-refractivity contribution in [1.29, 1.82) is 0 Å². The molecule has 0 N–H and O–H groups in total. The van der Waals surface area contributed by atoms with Crippen molar-refractivity contribution in [2.75, 3.05) is 13.2 Å². The molecule has 2 aromatic carbocycles. The molecule has 0 radical (unpaired) electrons. The summed E-state index contributed by atoms with van der Waals surface area (Å²) < 4.78 is 17.7. The summed E-state index contributed by atoms with van der Waals surface area (Å²) in [4.78, 5) is 12.0. The molecule has 0 fully saturated rings. The zero-order chi connectivity index (χ0) is 25.3. The van der Waals surface area contributed by atoms with Gasteiger partial charge in [-0.3, -0.25) is 0 Å². The van der Waals surface area contributed by atoms with E-state index >= 15 is 0 Å². The van der Waals surface area contributed by atoms with Crippen LogP contribution in [0.2, 0.25) is 0 Å². The number of hydrogen-bond acceptors (Lipinski definition) is 4. The van der Waals surface area contributed by atoms with Crippen molar-refractivity contribution in [3.8, 4) is 16.9 Å². The van der Waals surface area contributed by atoms with Crippen LogP contribution in [0.25, 0.3) is 27.7 Å². The minimum absolute atomic E-state index is 0.0271. The van der Waals surface area contributed by atoms with E-state index in [9.17, 15) is 4.79 Å². The van der Waals surface area contributed by atoms with Crippen molar-refractivity contribution >= 4 is 22.5 Å². The Morgan fingerprint density at radius 1 is 0.941 bits per heavy atom. The topological polar surface area (TPSA) is 48.7 Å². The van der Waals surface area contributed by atoms with Gasteiger partial charge >= 0.3 is 5.97 Å². The third-order valence-corrected chi connectivity index (χ3v) is 5.90. The van der Waals surface area contributed by atoms with E-state index < -0.39 is 0 Å². The van der Waals surface area contributed by atoms with E-state index in [4.69, 9.17) is 13.9 Å². The summed E-state index contributed by atoms with van der Waals surface area (Å²) in [6.45, 7) is 19.9. The molecule has 0 aliphatic carbocycles. The zero-order valence-corrected chi connectivity index (χ0v) is 22.1. The average molecular weight is 463 g/mol. The van der Waals surface area contributed by atoms with E-state index in [-0.39, 0.29) is 16.8 Å². The Balaban J connectivity index is 2.30.